The number of H-pyrrole nitrogens is 2. The summed E-state index contributed by atoms with van der Waals surface area (Å²) in [6, 6.07) is 7.50. The first kappa shape index (κ1) is 21.1. The third-order valence-electron chi connectivity index (χ3n) is 6.15. The Morgan fingerprint density at radius 3 is 2.81 bits per heavy atom. The molecule has 1 aromatic carbocycles. The molecule has 2 aromatic heterocycles. The van der Waals surface area contributed by atoms with E-state index >= 15 is 0 Å². The summed E-state index contributed by atoms with van der Waals surface area (Å²) in [5.74, 6) is 1.29. The largest absolute Gasteiger partial charge is 0.497 e. The average molecular weight is 455 g/mol. The topological polar surface area (TPSA) is 101 Å². The summed E-state index contributed by atoms with van der Waals surface area (Å²) in [4.78, 5) is 33.9. The zero-order valence-electron chi connectivity index (χ0n) is 18.5. The molecule has 2 aliphatic heterocycles. The van der Waals surface area contributed by atoms with Crippen molar-refractivity contribution in [3.05, 3.63) is 56.1 Å². The number of hydrogen-bond acceptors (Lipinski definition) is 6. The minimum Gasteiger partial charge on any atom is -0.497 e. The van der Waals surface area contributed by atoms with E-state index < -0.39 is 5.25 Å². The molecule has 0 bridgehead atoms. The number of methoxy groups -OCH3 is 1. The van der Waals surface area contributed by atoms with Gasteiger partial charge in [-0.05, 0) is 57.2 Å². The number of thioether (sulfide) groups is 1. The van der Waals surface area contributed by atoms with Crippen LogP contribution < -0.4 is 15.9 Å². The molecule has 32 heavy (non-hydrogen) atoms. The number of hydrogen-bond donors (Lipinski definition) is 2. The van der Waals surface area contributed by atoms with Gasteiger partial charge in [-0.15, -0.1) is 0 Å². The highest BCUT2D eigenvalue weighted by Crippen LogP contribution is 2.45. The van der Waals surface area contributed by atoms with Crippen molar-refractivity contribution in [2.24, 2.45) is 4.99 Å². The van der Waals surface area contributed by atoms with E-state index in [0.29, 0.717) is 34.8 Å². The highest BCUT2D eigenvalue weighted by Gasteiger charge is 2.36. The van der Waals surface area contributed by atoms with Crippen molar-refractivity contribution < 1.29 is 9.47 Å². The van der Waals surface area contributed by atoms with E-state index in [9.17, 15) is 9.59 Å². The lowest BCUT2D eigenvalue weighted by Crippen LogP contribution is -2.35. The standard InChI is InChI=1S/C23H26N4O4S/c1-12-24-20-18(22(29)26-27(20)14-7-8-31-23(2,3)11-14)19(32-12)16-9-13-5-6-15(30-4)10-17(13)25-21(16)28/h5-6,9-10,14,19H,7-8,11H2,1-4H3,(H,25,28)(H,26,29)/t14-,19+/m0/s1. The summed E-state index contributed by atoms with van der Waals surface area (Å²) in [5.41, 5.74) is 1.08. The van der Waals surface area contributed by atoms with Crippen LogP contribution in [0.4, 0.5) is 5.82 Å². The van der Waals surface area contributed by atoms with Gasteiger partial charge in [-0.1, -0.05) is 11.8 Å². The smallest absolute Gasteiger partial charge is 0.271 e. The van der Waals surface area contributed by atoms with E-state index in [0.717, 1.165) is 23.3 Å². The van der Waals surface area contributed by atoms with Gasteiger partial charge in [0.2, 0.25) is 0 Å². The predicted molar refractivity (Wildman–Crippen MR) is 127 cm³/mol. The summed E-state index contributed by atoms with van der Waals surface area (Å²) in [6.45, 7) is 6.66. The van der Waals surface area contributed by atoms with Crippen LogP contribution in [0.1, 0.15) is 56.0 Å². The molecule has 1 fully saturated rings. The maximum atomic E-state index is 13.1. The van der Waals surface area contributed by atoms with E-state index in [1.165, 1.54) is 11.8 Å². The van der Waals surface area contributed by atoms with Crippen molar-refractivity contribution in [2.75, 3.05) is 13.7 Å². The van der Waals surface area contributed by atoms with Crippen LogP contribution >= 0.6 is 11.8 Å². The summed E-state index contributed by atoms with van der Waals surface area (Å²) in [6.07, 6.45) is 1.57. The highest BCUT2D eigenvalue weighted by atomic mass is 32.2. The van der Waals surface area contributed by atoms with Crippen molar-refractivity contribution in [3.63, 3.8) is 0 Å². The number of aliphatic imine (C=N–C) groups is 1. The third kappa shape index (κ3) is 3.59. The van der Waals surface area contributed by atoms with E-state index in [4.69, 9.17) is 14.5 Å². The summed E-state index contributed by atoms with van der Waals surface area (Å²) in [7, 11) is 1.59. The Kier molecular flexibility index (Phi) is 5.05. The number of nitrogens with zero attached hydrogens (tertiary/aromatic N) is 2. The molecule has 4 heterocycles. The summed E-state index contributed by atoms with van der Waals surface area (Å²) < 4.78 is 13.0. The molecule has 8 nitrogen and oxygen atoms in total. The zero-order valence-corrected chi connectivity index (χ0v) is 19.3. The van der Waals surface area contributed by atoms with Crippen LogP contribution in [0.2, 0.25) is 0 Å². The van der Waals surface area contributed by atoms with Crippen molar-refractivity contribution >= 4 is 33.5 Å². The second-order valence-electron chi connectivity index (χ2n) is 8.94. The average Bonchev–Trinajstić information content (AvgIpc) is 3.07. The molecular formula is C23H26N4O4S. The molecule has 0 saturated carbocycles. The molecule has 0 radical (unpaired) electrons. The minimum absolute atomic E-state index is 0.0813. The second kappa shape index (κ2) is 7.67. The lowest BCUT2D eigenvalue weighted by molar-refractivity contribution is -0.0705. The normalized spacial score (nSPS) is 22.4. The fourth-order valence-electron chi connectivity index (χ4n) is 4.63. The van der Waals surface area contributed by atoms with E-state index in [1.807, 2.05) is 29.8 Å². The third-order valence-corrected chi connectivity index (χ3v) is 7.31. The minimum atomic E-state index is -0.435. The molecule has 1 saturated heterocycles. The number of nitrogens with one attached hydrogen (secondary N) is 2. The maximum Gasteiger partial charge on any atom is 0.271 e. The number of rotatable bonds is 3. The molecular weight excluding hydrogens is 428 g/mol. The Labute approximate surface area is 189 Å². The van der Waals surface area contributed by atoms with Gasteiger partial charge in [0, 0.05) is 18.2 Å². The first-order valence-electron chi connectivity index (χ1n) is 10.7. The Hall–Kier alpha value is -2.78. The first-order valence-corrected chi connectivity index (χ1v) is 11.5. The van der Waals surface area contributed by atoms with Gasteiger partial charge in [-0.3, -0.25) is 19.4 Å². The molecule has 0 amide bonds. The van der Waals surface area contributed by atoms with Crippen LogP contribution in [0, 0.1) is 0 Å². The fourth-order valence-corrected chi connectivity index (χ4v) is 5.74. The Bertz CT molecular complexity index is 1350. The summed E-state index contributed by atoms with van der Waals surface area (Å²) >= 11 is 1.43. The van der Waals surface area contributed by atoms with Crippen molar-refractivity contribution in [3.8, 4) is 5.75 Å². The van der Waals surface area contributed by atoms with Gasteiger partial charge in [-0.25, -0.2) is 4.99 Å². The molecule has 0 aliphatic carbocycles. The maximum absolute atomic E-state index is 13.1. The molecule has 5 rings (SSSR count). The van der Waals surface area contributed by atoms with Crippen LogP contribution in [0.25, 0.3) is 10.9 Å². The lowest BCUT2D eigenvalue weighted by Gasteiger charge is -2.36. The molecule has 2 N–H and O–H groups in total. The van der Waals surface area contributed by atoms with Crippen LogP contribution in [0.3, 0.4) is 0 Å². The first-order chi connectivity index (χ1) is 15.3. The molecule has 2 aliphatic rings. The molecule has 2 atom stereocenters. The number of aromatic nitrogens is 3. The second-order valence-corrected chi connectivity index (χ2v) is 10.2. The molecule has 9 heteroatoms. The van der Waals surface area contributed by atoms with Crippen molar-refractivity contribution in [1.82, 2.24) is 14.8 Å². The Morgan fingerprint density at radius 1 is 1.25 bits per heavy atom. The number of ether oxygens (including phenoxy) is 2. The van der Waals surface area contributed by atoms with Crippen molar-refractivity contribution in [1.29, 1.82) is 0 Å². The number of benzene rings is 1. The summed E-state index contributed by atoms with van der Waals surface area (Å²) in [5, 5.41) is 4.27. The van der Waals surface area contributed by atoms with Gasteiger partial charge in [0.25, 0.3) is 11.1 Å². The van der Waals surface area contributed by atoms with Crippen LogP contribution in [-0.4, -0.2) is 39.1 Å². The van der Waals surface area contributed by atoms with Crippen LogP contribution in [0.5, 0.6) is 5.75 Å². The monoisotopic (exact) mass is 454 g/mol. The number of fused-ring (bicyclic) bond motifs is 2. The lowest BCUT2D eigenvalue weighted by atomic mass is 9.94. The van der Waals surface area contributed by atoms with Gasteiger partial charge in [0.1, 0.15) is 5.75 Å². The Morgan fingerprint density at radius 2 is 2.06 bits per heavy atom. The Balaban J connectivity index is 1.63. The molecule has 0 unspecified atom stereocenters. The quantitative estimate of drug-likeness (QED) is 0.622. The van der Waals surface area contributed by atoms with Gasteiger partial charge in [-0.2, -0.15) is 0 Å². The predicted octanol–water partition coefficient (Wildman–Crippen LogP) is 4.04. The highest BCUT2D eigenvalue weighted by molar-refractivity contribution is 8.14. The van der Waals surface area contributed by atoms with E-state index in [-0.39, 0.29) is 22.8 Å². The number of pyridine rings is 1. The van der Waals surface area contributed by atoms with Crippen molar-refractivity contribution in [2.45, 2.75) is 50.5 Å². The van der Waals surface area contributed by atoms with Gasteiger partial charge in [0.15, 0.2) is 5.82 Å². The fraction of sp³-hybridized carbons (Fsp3) is 0.435. The molecule has 3 aromatic rings. The van der Waals surface area contributed by atoms with Crippen LogP contribution in [0.15, 0.2) is 38.8 Å². The zero-order chi connectivity index (χ0) is 22.6. The molecule has 0 spiro atoms. The van der Waals surface area contributed by atoms with Crippen LogP contribution in [-0.2, 0) is 4.74 Å². The molecule has 168 valence electrons. The van der Waals surface area contributed by atoms with Gasteiger partial charge in [0.05, 0.1) is 40.1 Å². The van der Waals surface area contributed by atoms with Gasteiger partial charge >= 0.3 is 0 Å². The SMILES string of the molecule is COc1ccc2cc([C@H]3SC(C)=Nc4c3c(=O)[nH]n4[C@H]3CCOC(C)(C)C3)c(=O)[nH]c2c1. The van der Waals surface area contributed by atoms with E-state index in [1.54, 1.807) is 13.2 Å². The van der Waals surface area contributed by atoms with E-state index in [2.05, 4.69) is 23.9 Å². The number of aromatic amines is 2. The van der Waals surface area contributed by atoms with Gasteiger partial charge < -0.3 is 14.5 Å².